The summed E-state index contributed by atoms with van der Waals surface area (Å²) in [5.41, 5.74) is 1.59. The second kappa shape index (κ2) is 7.62. The molecule has 1 saturated heterocycles. The molecule has 1 aromatic carbocycles. The fraction of sp³-hybridized carbons (Fsp3) is 0.533. The van der Waals surface area contributed by atoms with Crippen LogP contribution < -0.4 is 5.32 Å². The number of anilines is 1. The van der Waals surface area contributed by atoms with E-state index >= 15 is 0 Å². The molecule has 5 heteroatoms. The lowest BCUT2D eigenvalue weighted by Crippen LogP contribution is -2.22. The van der Waals surface area contributed by atoms with Crippen molar-refractivity contribution in [3.05, 3.63) is 28.8 Å². The molecule has 4 nitrogen and oxygen atoms in total. The summed E-state index contributed by atoms with van der Waals surface area (Å²) >= 11 is 6.14. The van der Waals surface area contributed by atoms with Crippen LogP contribution in [0.5, 0.6) is 0 Å². The molecule has 110 valence electrons. The lowest BCUT2D eigenvalue weighted by atomic mass is 9.96. The fourth-order valence-electron chi connectivity index (χ4n) is 2.36. The normalized spacial score (nSPS) is 16.1. The Morgan fingerprint density at radius 3 is 2.80 bits per heavy atom. The number of nitrogens with one attached hydrogen (secondary N) is 1. The van der Waals surface area contributed by atoms with E-state index in [0.29, 0.717) is 29.5 Å². The number of carbonyl (C=O) groups excluding carboxylic acids is 1. The van der Waals surface area contributed by atoms with E-state index in [1.54, 1.807) is 12.1 Å². The Morgan fingerprint density at radius 1 is 1.40 bits per heavy atom. The van der Waals surface area contributed by atoms with Gasteiger partial charge in [0, 0.05) is 26.2 Å². The predicted octanol–water partition coefficient (Wildman–Crippen LogP) is 2.63. The number of aliphatic hydroxyl groups excluding tert-OH is 1. The fourth-order valence-corrected chi connectivity index (χ4v) is 2.61. The molecule has 1 fully saturated rings. The van der Waals surface area contributed by atoms with Crippen LogP contribution in [0.4, 0.5) is 5.69 Å². The van der Waals surface area contributed by atoms with Crippen LogP contribution in [-0.2, 0) is 16.0 Å². The van der Waals surface area contributed by atoms with Crippen molar-refractivity contribution in [1.29, 1.82) is 0 Å². The van der Waals surface area contributed by atoms with E-state index in [2.05, 4.69) is 5.32 Å². The van der Waals surface area contributed by atoms with Crippen LogP contribution >= 0.6 is 11.6 Å². The molecule has 1 heterocycles. The van der Waals surface area contributed by atoms with Crippen molar-refractivity contribution in [3.8, 4) is 0 Å². The zero-order chi connectivity index (χ0) is 14.4. The Bertz CT molecular complexity index is 458. The average molecular weight is 298 g/mol. The van der Waals surface area contributed by atoms with Gasteiger partial charge in [-0.1, -0.05) is 17.7 Å². The molecule has 20 heavy (non-hydrogen) atoms. The van der Waals surface area contributed by atoms with Crippen LogP contribution in [0.1, 0.15) is 24.8 Å². The van der Waals surface area contributed by atoms with Gasteiger partial charge < -0.3 is 15.2 Å². The molecule has 0 saturated carbocycles. The number of rotatable bonds is 5. The topological polar surface area (TPSA) is 58.6 Å². The summed E-state index contributed by atoms with van der Waals surface area (Å²) in [6.45, 7) is 1.58. The number of amides is 1. The maximum atomic E-state index is 12.0. The predicted molar refractivity (Wildman–Crippen MR) is 79.0 cm³/mol. The van der Waals surface area contributed by atoms with Crippen LogP contribution in [0.3, 0.4) is 0 Å². The van der Waals surface area contributed by atoms with Crippen molar-refractivity contribution in [3.63, 3.8) is 0 Å². The van der Waals surface area contributed by atoms with Crippen LogP contribution in [0.2, 0.25) is 5.02 Å². The van der Waals surface area contributed by atoms with Crippen molar-refractivity contribution in [2.75, 3.05) is 25.1 Å². The third-order valence-electron chi connectivity index (χ3n) is 3.52. The minimum Gasteiger partial charge on any atom is -0.396 e. The van der Waals surface area contributed by atoms with Gasteiger partial charge in [-0.2, -0.15) is 0 Å². The van der Waals surface area contributed by atoms with E-state index in [9.17, 15) is 4.79 Å². The molecule has 0 unspecified atom stereocenters. The standard InChI is InChI=1S/C15H20ClNO3/c16-13-9-11(3-6-18)1-2-14(13)17-15(19)10-12-4-7-20-8-5-12/h1-2,9,12,18H,3-8,10H2,(H,17,19). The van der Waals surface area contributed by atoms with E-state index in [1.165, 1.54) is 0 Å². The van der Waals surface area contributed by atoms with E-state index < -0.39 is 0 Å². The highest BCUT2D eigenvalue weighted by atomic mass is 35.5. The highest BCUT2D eigenvalue weighted by Gasteiger charge is 2.18. The summed E-state index contributed by atoms with van der Waals surface area (Å²) in [5, 5.41) is 12.2. The monoisotopic (exact) mass is 297 g/mol. The maximum Gasteiger partial charge on any atom is 0.224 e. The van der Waals surface area contributed by atoms with Gasteiger partial charge in [0.1, 0.15) is 0 Å². The lowest BCUT2D eigenvalue weighted by Gasteiger charge is -2.21. The number of halogens is 1. The molecule has 0 aromatic heterocycles. The Morgan fingerprint density at radius 2 is 2.15 bits per heavy atom. The third kappa shape index (κ3) is 4.47. The molecule has 0 atom stereocenters. The smallest absolute Gasteiger partial charge is 0.224 e. The van der Waals surface area contributed by atoms with Crippen molar-refractivity contribution < 1.29 is 14.6 Å². The molecule has 1 aromatic rings. The quantitative estimate of drug-likeness (QED) is 0.878. The number of hydrogen-bond acceptors (Lipinski definition) is 3. The zero-order valence-electron chi connectivity index (χ0n) is 11.4. The molecule has 0 bridgehead atoms. The van der Waals surface area contributed by atoms with Crippen molar-refractivity contribution in [2.24, 2.45) is 5.92 Å². The summed E-state index contributed by atoms with van der Waals surface area (Å²) in [5.74, 6) is 0.393. The molecule has 0 radical (unpaired) electrons. The maximum absolute atomic E-state index is 12.0. The third-order valence-corrected chi connectivity index (χ3v) is 3.84. The molecule has 2 N–H and O–H groups in total. The van der Waals surface area contributed by atoms with Crippen LogP contribution in [0, 0.1) is 5.92 Å². The summed E-state index contributed by atoms with van der Waals surface area (Å²) in [7, 11) is 0. The van der Waals surface area contributed by atoms with E-state index in [0.717, 1.165) is 31.6 Å². The lowest BCUT2D eigenvalue weighted by molar-refractivity contribution is -0.117. The average Bonchev–Trinajstić information content (AvgIpc) is 2.43. The van der Waals surface area contributed by atoms with Gasteiger partial charge in [0.2, 0.25) is 5.91 Å². The summed E-state index contributed by atoms with van der Waals surface area (Å²) < 4.78 is 5.28. The van der Waals surface area contributed by atoms with Gasteiger partial charge in [0.05, 0.1) is 10.7 Å². The van der Waals surface area contributed by atoms with Gasteiger partial charge >= 0.3 is 0 Å². The summed E-state index contributed by atoms with van der Waals surface area (Å²) in [4.78, 5) is 12.0. The number of hydrogen-bond donors (Lipinski definition) is 2. The van der Waals surface area contributed by atoms with Gasteiger partial charge in [-0.3, -0.25) is 4.79 Å². The molecule has 1 aliphatic rings. The Balaban J connectivity index is 1.90. The number of aliphatic hydroxyl groups is 1. The minimum atomic E-state index is -0.00583. The highest BCUT2D eigenvalue weighted by molar-refractivity contribution is 6.33. The van der Waals surface area contributed by atoms with Crippen LogP contribution in [-0.4, -0.2) is 30.8 Å². The number of benzene rings is 1. The zero-order valence-corrected chi connectivity index (χ0v) is 12.2. The van der Waals surface area contributed by atoms with Crippen molar-refractivity contribution >= 4 is 23.2 Å². The molecule has 0 aliphatic carbocycles. The molecule has 1 amide bonds. The van der Waals surface area contributed by atoms with Gasteiger partial charge in [-0.15, -0.1) is 0 Å². The van der Waals surface area contributed by atoms with Crippen molar-refractivity contribution in [2.45, 2.75) is 25.7 Å². The second-order valence-electron chi connectivity index (χ2n) is 5.10. The van der Waals surface area contributed by atoms with E-state index in [-0.39, 0.29) is 12.5 Å². The minimum absolute atomic E-state index is 0.00583. The number of ether oxygens (including phenoxy) is 1. The Kier molecular flexibility index (Phi) is 5.83. The first-order valence-corrected chi connectivity index (χ1v) is 7.33. The molecule has 2 rings (SSSR count). The van der Waals surface area contributed by atoms with E-state index in [1.807, 2.05) is 6.07 Å². The van der Waals surface area contributed by atoms with Crippen LogP contribution in [0.25, 0.3) is 0 Å². The molecular formula is C15H20ClNO3. The molecule has 0 spiro atoms. The van der Waals surface area contributed by atoms with Gasteiger partial charge in [0.15, 0.2) is 0 Å². The molecule has 1 aliphatic heterocycles. The first kappa shape index (κ1) is 15.3. The highest BCUT2D eigenvalue weighted by Crippen LogP contribution is 2.25. The summed E-state index contributed by atoms with van der Waals surface area (Å²) in [6, 6.07) is 5.43. The molecular weight excluding hydrogens is 278 g/mol. The van der Waals surface area contributed by atoms with E-state index in [4.69, 9.17) is 21.4 Å². The van der Waals surface area contributed by atoms with Gasteiger partial charge in [0.25, 0.3) is 0 Å². The SMILES string of the molecule is O=C(CC1CCOCC1)Nc1ccc(CCO)cc1Cl. The van der Waals surface area contributed by atoms with Crippen molar-refractivity contribution in [1.82, 2.24) is 0 Å². The number of carbonyl (C=O) groups is 1. The Labute approximate surface area is 124 Å². The largest absolute Gasteiger partial charge is 0.396 e. The second-order valence-corrected chi connectivity index (χ2v) is 5.50. The first-order valence-electron chi connectivity index (χ1n) is 6.96. The van der Waals surface area contributed by atoms with Crippen LogP contribution in [0.15, 0.2) is 18.2 Å². The summed E-state index contributed by atoms with van der Waals surface area (Å²) in [6.07, 6.45) is 2.96. The Hall–Kier alpha value is -1.10. The van der Waals surface area contributed by atoms with Gasteiger partial charge in [-0.05, 0) is 42.9 Å². The first-order chi connectivity index (χ1) is 9.69. The van der Waals surface area contributed by atoms with Gasteiger partial charge in [-0.25, -0.2) is 0 Å².